The molecule has 1 aromatic heterocycles. The molecule has 0 spiro atoms. The van der Waals surface area contributed by atoms with Crippen molar-refractivity contribution in [3.8, 4) is 0 Å². The Balaban J connectivity index is 1.81. The van der Waals surface area contributed by atoms with Crippen LogP contribution in [0.15, 0.2) is 0 Å². The van der Waals surface area contributed by atoms with Gasteiger partial charge < -0.3 is 5.32 Å². The van der Waals surface area contributed by atoms with Gasteiger partial charge in [0.2, 0.25) is 5.91 Å². The van der Waals surface area contributed by atoms with Crippen LogP contribution in [-0.2, 0) is 11.3 Å². The smallest absolute Gasteiger partial charge is 0.223 e. The fourth-order valence-corrected chi connectivity index (χ4v) is 2.10. The maximum Gasteiger partial charge on any atom is 0.223 e. The fourth-order valence-electron chi connectivity index (χ4n) is 2.10. The predicted molar refractivity (Wildman–Crippen MR) is 66.8 cm³/mol. The molecule has 0 saturated heterocycles. The van der Waals surface area contributed by atoms with Crippen molar-refractivity contribution >= 4 is 5.91 Å². The van der Waals surface area contributed by atoms with Crippen LogP contribution in [0.5, 0.6) is 0 Å². The summed E-state index contributed by atoms with van der Waals surface area (Å²) in [4.78, 5) is 11.6. The molecule has 2 rings (SSSR count). The van der Waals surface area contributed by atoms with E-state index in [1.165, 1.54) is 17.7 Å². The molecule has 1 heterocycles. The minimum absolute atomic E-state index is 0.217. The van der Waals surface area contributed by atoms with Gasteiger partial charge in [0.1, 0.15) is 0 Å². The average molecular weight is 235 g/mol. The number of nitrogens with zero attached hydrogens (tertiary/aromatic N) is 2. The van der Waals surface area contributed by atoms with E-state index < -0.39 is 0 Å². The molecule has 1 aliphatic rings. The minimum atomic E-state index is 0.217. The first-order valence-electron chi connectivity index (χ1n) is 6.38. The molecule has 0 aliphatic heterocycles. The van der Waals surface area contributed by atoms with Gasteiger partial charge in [0, 0.05) is 18.2 Å². The van der Waals surface area contributed by atoms with E-state index in [2.05, 4.69) is 24.3 Å². The van der Waals surface area contributed by atoms with Crippen LogP contribution in [0, 0.1) is 26.7 Å². The molecule has 94 valence electrons. The number of aryl methyl sites for hydroxylation is 1. The summed E-state index contributed by atoms with van der Waals surface area (Å²) < 4.78 is 1.98. The highest BCUT2D eigenvalue weighted by molar-refractivity contribution is 5.79. The summed E-state index contributed by atoms with van der Waals surface area (Å²) in [5.74, 6) is 0.492. The van der Waals surface area contributed by atoms with Crippen LogP contribution in [0.2, 0.25) is 0 Å². The van der Waals surface area contributed by atoms with Gasteiger partial charge >= 0.3 is 0 Å². The molecule has 0 bridgehead atoms. The lowest BCUT2D eigenvalue weighted by Gasteiger charge is -2.24. The van der Waals surface area contributed by atoms with Gasteiger partial charge in [-0.15, -0.1) is 0 Å². The highest BCUT2D eigenvalue weighted by Crippen LogP contribution is 2.26. The molecule has 4 heteroatoms. The maximum atomic E-state index is 11.6. The number of hydrogen-bond acceptors (Lipinski definition) is 2. The molecule has 0 aromatic carbocycles. The Labute approximate surface area is 102 Å². The molecular formula is C13H21N3O. The van der Waals surface area contributed by atoms with E-state index in [9.17, 15) is 4.79 Å². The lowest BCUT2D eigenvalue weighted by molar-refractivity contribution is -0.127. The van der Waals surface area contributed by atoms with E-state index in [1.807, 2.05) is 11.6 Å². The Kier molecular flexibility index (Phi) is 3.50. The summed E-state index contributed by atoms with van der Waals surface area (Å²) in [5, 5.41) is 7.44. The van der Waals surface area contributed by atoms with Crippen molar-refractivity contribution in [3.05, 3.63) is 17.0 Å². The summed E-state index contributed by atoms with van der Waals surface area (Å²) in [7, 11) is 0. The van der Waals surface area contributed by atoms with Crippen molar-refractivity contribution in [2.75, 3.05) is 6.54 Å². The SMILES string of the molecule is Cc1nn(CCNC(=O)C2CCC2)c(C)c1C. The van der Waals surface area contributed by atoms with Gasteiger partial charge in [-0.3, -0.25) is 9.48 Å². The van der Waals surface area contributed by atoms with Crippen molar-refractivity contribution in [3.63, 3.8) is 0 Å². The second kappa shape index (κ2) is 4.90. The Morgan fingerprint density at radius 1 is 1.41 bits per heavy atom. The molecule has 1 amide bonds. The summed E-state index contributed by atoms with van der Waals surface area (Å²) in [6.45, 7) is 7.62. The van der Waals surface area contributed by atoms with Crippen molar-refractivity contribution in [2.45, 2.75) is 46.6 Å². The van der Waals surface area contributed by atoms with Gasteiger partial charge in [0.25, 0.3) is 0 Å². The van der Waals surface area contributed by atoms with E-state index >= 15 is 0 Å². The van der Waals surface area contributed by atoms with E-state index in [4.69, 9.17) is 0 Å². The first-order valence-corrected chi connectivity index (χ1v) is 6.38. The van der Waals surface area contributed by atoms with Crippen LogP contribution in [-0.4, -0.2) is 22.2 Å². The third-order valence-corrected chi connectivity index (χ3v) is 3.84. The second-order valence-corrected chi connectivity index (χ2v) is 4.94. The summed E-state index contributed by atoms with van der Waals surface area (Å²) in [6, 6.07) is 0. The Morgan fingerprint density at radius 3 is 2.59 bits per heavy atom. The van der Waals surface area contributed by atoms with Crippen molar-refractivity contribution in [1.29, 1.82) is 0 Å². The molecule has 1 saturated carbocycles. The first-order chi connectivity index (χ1) is 8.09. The topological polar surface area (TPSA) is 46.9 Å². The maximum absolute atomic E-state index is 11.6. The number of rotatable bonds is 4. The van der Waals surface area contributed by atoms with Crippen LogP contribution >= 0.6 is 0 Å². The number of aromatic nitrogens is 2. The van der Waals surface area contributed by atoms with Crippen LogP contribution in [0.1, 0.15) is 36.2 Å². The number of amides is 1. The fraction of sp³-hybridized carbons (Fsp3) is 0.692. The predicted octanol–water partition coefficient (Wildman–Crippen LogP) is 1.72. The van der Waals surface area contributed by atoms with Crippen LogP contribution < -0.4 is 5.32 Å². The first kappa shape index (κ1) is 12.1. The second-order valence-electron chi connectivity index (χ2n) is 4.94. The van der Waals surface area contributed by atoms with E-state index in [0.717, 1.165) is 25.1 Å². The lowest BCUT2D eigenvalue weighted by atomic mass is 9.85. The van der Waals surface area contributed by atoms with Gasteiger partial charge in [-0.05, 0) is 39.2 Å². The Bertz CT molecular complexity index is 419. The van der Waals surface area contributed by atoms with Crippen molar-refractivity contribution in [1.82, 2.24) is 15.1 Å². The number of carbonyl (C=O) groups excluding carboxylic acids is 1. The monoisotopic (exact) mass is 235 g/mol. The van der Waals surface area contributed by atoms with Crippen LogP contribution in [0.25, 0.3) is 0 Å². The zero-order valence-electron chi connectivity index (χ0n) is 10.9. The molecule has 1 N–H and O–H groups in total. The molecular weight excluding hydrogens is 214 g/mol. The third-order valence-electron chi connectivity index (χ3n) is 3.84. The normalized spacial score (nSPS) is 15.7. The summed E-state index contributed by atoms with van der Waals surface area (Å²) in [5.41, 5.74) is 3.52. The molecule has 0 radical (unpaired) electrons. The van der Waals surface area contributed by atoms with Gasteiger partial charge in [0.15, 0.2) is 0 Å². The summed E-state index contributed by atoms with van der Waals surface area (Å²) in [6.07, 6.45) is 3.32. The highest BCUT2D eigenvalue weighted by Gasteiger charge is 2.24. The quantitative estimate of drug-likeness (QED) is 0.864. The number of carbonyl (C=O) groups is 1. The van der Waals surface area contributed by atoms with Crippen molar-refractivity contribution < 1.29 is 4.79 Å². The molecule has 17 heavy (non-hydrogen) atoms. The lowest BCUT2D eigenvalue weighted by Crippen LogP contribution is -2.36. The molecule has 4 nitrogen and oxygen atoms in total. The summed E-state index contributed by atoms with van der Waals surface area (Å²) >= 11 is 0. The minimum Gasteiger partial charge on any atom is -0.354 e. The molecule has 1 aliphatic carbocycles. The number of hydrogen-bond donors (Lipinski definition) is 1. The highest BCUT2D eigenvalue weighted by atomic mass is 16.1. The zero-order chi connectivity index (χ0) is 12.4. The van der Waals surface area contributed by atoms with E-state index in [1.54, 1.807) is 0 Å². The van der Waals surface area contributed by atoms with Gasteiger partial charge in [-0.25, -0.2) is 0 Å². The van der Waals surface area contributed by atoms with Crippen molar-refractivity contribution in [2.24, 2.45) is 5.92 Å². The number of nitrogens with one attached hydrogen (secondary N) is 1. The molecule has 0 atom stereocenters. The van der Waals surface area contributed by atoms with Gasteiger partial charge in [-0.1, -0.05) is 6.42 Å². The van der Waals surface area contributed by atoms with Gasteiger partial charge in [0.05, 0.1) is 12.2 Å². The Morgan fingerprint density at radius 2 is 2.12 bits per heavy atom. The molecule has 0 unspecified atom stereocenters. The largest absolute Gasteiger partial charge is 0.354 e. The molecule has 1 aromatic rings. The Hall–Kier alpha value is -1.32. The molecule has 1 fully saturated rings. The average Bonchev–Trinajstić information content (AvgIpc) is 2.44. The van der Waals surface area contributed by atoms with E-state index in [-0.39, 0.29) is 11.8 Å². The van der Waals surface area contributed by atoms with Crippen LogP contribution in [0.3, 0.4) is 0 Å². The van der Waals surface area contributed by atoms with Crippen LogP contribution in [0.4, 0.5) is 0 Å². The third kappa shape index (κ3) is 2.51. The standard InChI is InChI=1S/C13H21N3O/c1-9-10(2)15-16(11(9)3)8-7-14-13(17)12-5-4-6-12/h12H,4-8H2,1-3H3,(H,14,17). The van der Waals surface area contributed by atoms with E-state index in [0.29, 0.717) is 6.54 Å². The van der Waals surface area contributed by atoms with Gasteiger partial charge in [-0.2, -0.15) is 5.10 Å². The zero-order valence-corrected chi connectivity index (χ0v) is 10.9.